The minimum Gasteiger partial charge on any atom is -0.383 e. The number of ketones is 1. The Kier molecular flexibility index (Phi) is 4.02. The first kappa shape index (κ1) is 17.8. The average molecular weight is 396 g/mol. The van der Waals surface area contributed by atoms with Gasteiger partial charge in [-0.05, 0) is 78.5 Å². The molecule has 0 saturated heterocycles. The first-order chi connectivity index (χ1) is 14.7. The molecule has 4 heteroatoms. The quantitative estimate of drug-likeness (QED) is 0.739. The van der Waals surface area contributed by atoms with Gasteiger partial charge in [0.25, 0.3) is 0 Å². The fourth-order valence-electron chi connectivity index (χ4n) is 4.97. The van der Waals surface area contributed by atoms with E-state index in [1.807, 2.05) is 12.4 Å². The molecule has 0 radical (unpaired) electrons. The maximum atomic E-state index is 12.8. The summed E-state index contributed by atoms with van der Waals surface area (Å²) in [6.45, 7) is 3.17. The van der Waals surface area contributed by atoms with Gasteiger partial charge < -0.3 is 5.32 Å². The third kappa shape index (κ3) is 2.94. The number of fused-ring (bicyclic) bond motifs is 2. The number of anilines is 1. The fraction of sp³-hybridized carbons (Fsp3) is 0.346. The largest absolute Gasteiger partial charge is 0.383 e. The van der Waals surface area contributed by atoms with Gasteiger partial charge >= 0.3 is 0 Å². The first-order valence-corrected chi connectivity index (χ1v) is 11.0. The molecule has 1 aromatic carbocycles. The van der Waals surface area contributed by atoms with Crippen LogP contribution in [0.5, 0.6) is 0 Å². The number of hydrogen-bond acceptors (Lipinski definition) is 4. The second kappa shape index (κ2) is 6.76. The van der Waals surface area contributed by atoms with E-state index in [1.54, 1.807) is 0 Å². The van der Waals surface area contributed by atoms with Crippen LogP contribution in [0.25, 0.3) is 16.7 Å². The molecule has 0 amide bonds. The van der Waals surface area contributed by atoms with Crippen LogP contribution in [0.15, 0.2) is 47.2 Å². The third-order valence-electron chi connectivity index (χ3n) is 6.83. The second-order valence-electron chi connectivity index (χ2n) is 8.95. The molecule has 2 aromatic rings. The van der Waals surface area contributed by atoms with Crippen molar-refractivity contribution in [3.8, 4) is 11.1 Å². The number of allylic oxidation sites excluding steroid dienone is 3. The van der Waals surface area contributed by atoms with Crippen molar-refractivity contribution >= 4 is 22.8 Å². The Bertz CT molecular complexity index is 1180. The van der Waals surface area contributed by atoms with E-state index in [0.29, 0.717) is 12.3 Å². The lowest BCUT2D eigenvalue weighted by Crippen LogP contribution is -2.14. The number of Topliss-reactive ketones (excluding diaryl/α,β-unsaturated/α-hetero) is 1. The maximum absolute atomic E-state index is 12.8. The number of benzene rings is 1. The van der Waals surface area contributed by atoms with Crippen LogP contribution in [0.3, 0.4) is 0 Å². The number of aryl methyl sites for hydroxylation is 1. The molecule has 0 spiro atoms. The van der Waals surface area contributed by atoms with Crippen LogP contribution in [0, 0.1) is 12.8 Å². The summed E-state index contributed by atoms with van der Waals surface area (Å²) < 4.78 is 0. The Morgan fingerprint density at radius 2 is 2.07 bits per heavy atom. The van der Waals surface area contributed by atoms with Crippen LogP contribution < -0.4 is 5.32 Å². The SMILES string of the molecule is Cc1c(-c2ccc3c(c2)/C(=C/C2=CN=C(C4CC4)C2)C(=O)C3)cnc2c1NCCC2. The topological polar surface area (TPSA) is 54.4 Å². The van der Waals surface area contributed by atoms with Crippen molar-refractivity contribution in [3.63, 3.8) is 0 Å². The van der Waals surface area contributed by atoms with Gasteiger partial charge in [0, 0.05) is 48.6 Å². The molecule has 2 aliphatic carbocycles. The standard InChI is InChI=1S/C26H25N3O/c1-15-22(14-29-23-3-2-8-27-26(15)23)18-6-7-19-12-25(30)21(20(19)11-18)9-16-10-24(28-13-16)17-4-5-17/h6-7,9,11,13-14,17,27H,2-5,8,10,12H2,1H3/b21-9-. The zero-order valence-corrected chi connectivity index (χ0v) is 17.3. The minimum absolute atomic E-state index is 0.213. The van der Waals surface area contributed by atoms with Crippen LogP contribution in [-0.4, -0.2) is 23.0 Å². The number of carbonyl (C=O) groups is 1. The molecule has 150 valence electrons. The number of nitrogens with one attached hydrogen (secondary N) is 1. The molecule has 6 rings (SSSR count). The van der Waals surface area contributed by atoms with Gasteiger partial charge in [0.15, 0.2) is 5.78 Å². The molecule has 4 nitrogen and oxygen atoms in total. The number of rotatable bonds is 3. The van der Waals surface area contributed by atoms with Crippen molar-refractivity contribution in [1.29, 1.82) is 0 Å². The van der Waals surface area contributed by atoms with Crippen LogP contribution in [-0.2, 0) is 17.6 Å². The average Bonchev–Trinajstić information content (AvgIpc) is 3.43. The number of nitrogens with zero attached hydrogens (tertiary/aromatic N) is 2. The van der Waals surface area contributed by atoms with E-state index >= 15 is 0 Å². The smallest absolute Gasteiger partial charge is 0.167 e. The highest BCUT2D eigenvalue weighted by Gasteiger charge is 2.30. The van der Waals surface area contributed by atoms with Crippen LogP contribution in [0.2, 0.25) is 0 Å². The number of hydrogen-bond donors (Lipinski definition) is 1. The number of carbonyl (C=O) groups excluding carboxylic acids is 1. The van der Waals surface area contributed by atoms with Gasteiger partial charge in [-0.2, -0.15) is 0 Å². The predicted molar refractivity (Wildman–Crippen MR) is 121 cm³/mol. The van der Waals surface area contributed by atoms with Crippen LogP contribution in [0.4, 0.5) is 5.69 Å². The van der Waals surface area contributed by atoms with Crippen molar-refractivity contribution in [2.45, 2.75) is 45.4 Å². The van der Waals surface area contributed by atoms with Crippen LogP contribution >= 0.6 is 0 Å². The highest BCUT2D eigenvalue weighted by atomic mass is 16.1. The normalized spacial score (nSPS) is 21.2. The lowest BCUT2D eigenvalue weighted by Gasteiger charge is -2.21. The van der Waals surface area contributed by atoms with E-state index < -0.39 is 0 Å². The fourth-order valence-corrected chi connectivity index (χ4v) is 4.97. The van der Waals surface area contributed by atoms with Gasteiger partial charge in [-0.1, -0.05) is 12.1 Å². The molecule has 1 fully saturated rings. The molecule has 4 aliphatic rings. The zero-order chi connectivity index (χ0) is 20.2. The van der Waals surface area contributed by atoms with Gasteiger partial charge in [0.05, 0.1) is 11.4 Å². The highest BCUT2D eigenvalue weighted by molar-refractivity contribution is 6.26. The van der Waals surface area contributed by atoms with E-state index in [0.717, 1.165) is 59.2 Å². The summed E-state index contributed by atoms with van der Waals surface area (Å²) in [4.78, 5) is 22.1. The summed E-state index contributed by atoms with van der Waals surface area (Å²) in [6.07, 6.45) is 12.1. The molecule has 0 bridgehead atoms. The Morgan fingerprint density at radius 1 is 1.17 bits per heavy atom. The molecular formula is C26H25N3O. The number of aliphatic imine (C=N–C) groups is 1. The van der Waals surface area contributed by atoms with Gasteiger partial charge in [0.1, 0.15) is 0 Å². The summed E-state index contributed by atoms with van der Waals surface area (Å²) in [6, 6.07) is 6.44. The van der Waals surface area contributed by atoms with Crippen molar-refractivity contribution < 1.29 is 4.79 Å². The van der Waals surface area contributed by atoms with Gasteiger partial charge in [-0.25, -0.2) is 0 Å². The van der Waals surface area contributed by atoms with E-state index in [-0.39, 0.29) is 5.78 Å². The summed E-state index contributed by atoms with van der Waals surface area (Å²) in [5.41, 5.74) is 11.4. The number of pyridine rings is 1. The summed E-state index contributed by atoms with van der Waals surface area (Å²) >= 11 is 0. The van der Waals surface area contributed by atoms with Crippen molar-refractivity contribution in [3.05, 3.63) is 64.6 Å². The number of aromatic nitrogens is 1. The Hall–Kier alpha value is -3.01. The van der Waals surface area contributed by atoms with Gasteiger partial charge in [-0.3, -0.25) is 14.8 Å². The van der Waals surface area contributed by atoms with Gasteiger partial charge in [0.2, 0.25) is 0 Å². The molecule has 0 atom stereocenters. The zero-order valence-electron chi connectivity index (χ0n) is 17.3. The lowest BCUT2D eigenvalue weighted by atomic mass is 9.94. The van der Waals surface area contributed by atoms with E-state index in [2.05, 4.69) is 41.5 Å². The predicted octanol–water partition coefficient (Wildman–Crippen LogP) is 5.06. The Morgan fingerprint density at radius 3 is 2.93 bits per heavy atom. The monoisotopic (exact) mass is 395 g/mol. The molecule has 30 heavy (non-hydrogen) atoms. The molecular weight excluding hydrogens is 370 g/mol. The second-order valence-corrected chi connectivity index (χ2v) is 8.95. The molecule has 1 N–H and O–H groups in total. The lowest BCUT2D eigenvalue weighted by molar-refractivity contribution is -0.112. The van der Waals surface area contributed by atoms with E-state index in [1.165, 1.54) is 35.5 Å². The minimum atomic E-state index is 0.213. The molecule has 0 unspecified atom stereocenters. The van der Waals surface area contributed by atoms with E-state index in [4.69, 9.17) is 4.98 Å². The first-order valence-electron chi connectivity index (χ1n) is 11.0. The molecule has 1 aromatic heterocycles. The summed E-state index contributed by atoms with van der Waals surface area (Å²) in [7, 11) is 0. The van der Waals surface area contributed by atoms with E-state index in [9.17, 15) is 4.79 Å². The van der Waals surface area contributed by atoms with Gasteiger partial charge in [-0.15, -0.1) is 0 Å². The van der Waals surface area contributed by atoms with Crippen molar-refractivity contribution in [1.82, 2.24) is 4.98 Å². The third-order valence-corrected chi connectivity index (χ3v) is 6.83. The Balaban J connectivity index is 1.36. The Labute approximate surface area is 176 Å². The molecule has 2 aliphatic heterocycles. The van der Waals surface area contributed by atoms with Crippen LogP contribution in [0.1, 0.15) is 48.1 Å². The molecule has 3 heterocycles. The summed E-state index contributed by atoms with van der Waals surface area (Å²) in [5.74, 6) is 0.897. The summed E-state index contributed by atoms with van der Waals surface area (Å²) in [5, 5.41) is 3.53. The molecule has 1 saturated carbocycles. The highest BCUT2D eigenvalue weighted by Crippen LogP contribution is 2.39. The van der Waals surface area contributed by atoms with Crippen molar-refractivity contribution in [2.75, 3.05) is 11.9 Å². The van der Waals surface area contributed by atoms with Crippen molar-refractivity contribution in [2.24, 2.45) is 10.9 Å². The maximum Gasteiger partial charge on any atom is 0.167 e.